The average Bonchev–Trinajstić information content (AvgIpc) is 1.78. The summed E-state index contributed by atoms with van der Waals surface area (Å²) < 4.78 is 11.6. The van der Waals surface area contributed by atoms with Crippen molar-refractivity contribution in [2.75, 3.05) is 0 Å². The van der Waals surface area contributed by atoms with Gasteiger partial charge in [0.15, 0.2) is 0 Å². The molecule has 14 heavy (non-hydrogen) atoms. The molecule has 0 unspecified atom stereocenters. The van der Waals surface area contributed by atoms with Crippen molar-refractivity contribution in [1.82, 2.24) is 0 Å². The summed E-state index contributed by atoms with van der Waals surface area (Å²) in [6, 6.07) is 0. The Labute approximate surface area is 89.9 Å². The molecule has 4 heteroatoms. The summed E-state index contributed by atoms with van der Waals surface area (Å²) in [6.45, 7) is 16.5. The SMILES string of the molecule is C=CC=C(O[Si](C)(C)C)O[Si](C)(C)C. The number of hydrogen-bond donors (Lipinski definition) is 0. The Bertz CT molecular complexity index is 203. The highest BCUT2D eigenvalue weighted by atomic mass is 28.4. The third kappa shape index (κ3) is 8.13. The molecule has 0 fully saturated rings. The zero-order valence-corrected chi connectivity index (χ0v) is 12.2. The molecular weight excluding hydrogens is 208 g/mol. The van der Waals surface area contributed by atoms with Crippen molar-refractivity contribution < 1.29 is 8.85 Å². The van der Waals surface area contributed by atoms with E-state index in [0.717, 1.165) is 0 Å². The Morgan fingerprint density at radius 3 is 1.50 bits per heavy atom. The van der Waals surface area contributed by atoms with Crippen LogP contribution in [0.3, 0.4) is 0 Å². The van der Waals surface area contributed by atoms with Crippen LogP contribution >= 0.6 is 0 Å². The van der Waals surface area contributed by atoms with Gasteiger partial charge in [-0.05, 0) is 39.3 Å². The lowest BCUT2D eigenvalue weighted by Gasteiger charge is -2.27. The van der Waals surface area contributed by atoms with E-state index in [9.17, 15) is 0 Å². The van der Waals surface area contributed by atoms with Crippen LogP contribution in [0, 0.1) is 0 Å². The van der Waals surface area contributed by atoms with Crippen LogP contribution in [0.1, 0.15) is 0 Å². The summed E-state index contributed by atoms with van der Waals surface area (Å²) in [6.07, 6.45) is 3.51. The second kappa shape index (κ2) is 4.84. The highest BCUT2D eigenvalue weighted by molar-refractivity contribution is 6.71. The molecule has 0 saturated heterocycles. The summed E-state index contributed by atoms with van der Waals surface area (Å²) in [4.78, 5) is 0. The minimum atomic E-state index is -1.58. The standard InChI is InChI=1S/C10H22O2Si2/c1-8-9-10(11-13(2,3)4)12-14(5,6)7/h8-9H,1H2,2-7H3. The van der Waals surface area contributed by atoms with E-state index < -0.39 is 16.6 Å². The van der Waals surface area contributed by atoms with Gasteiger partial charge in [0, 0.05) is 6.08 Å². The van der Waals surface area contributed by atoms with Crippen molar-refractivity contribution >= 4 is 16.6 Å². The van der Waals surface area contributed by atoms with Crippen LogP contribution in [0.25, 0.3) is 0 Å². The molecule has 0 spiro atoms. The van der Waals surface area contributed by atoms with E-state index in [1.165, 1.54) is 0 Å². The molecule has 0 bridgehead atoms. The second-order valence-corrected chi connectivity index (χ2v) is 14.0. The zero-order chi connectivity index (χ0) is 11.4. The van der Waals surface area contributed by atoms with Crippen LogP contribution in [0.5, 0.6) is 0 Å². The fourth-order valence-corrected chi connectivity index (χ4v) is 2.30. The van der Waals surface area contributed by atoms with Gasteiger partial charge in [0.2, 0.25) is 16.6 Å². The normalized spacial score (nSPS) is 11.9. The Hall–Kier alpha value is -0.486. The lowest BCUT2D eigenvalue weighted by Crippen LogP contribution is -2.31. The zero-order valence-electron chi connectivity index (χ0n) is 10.2. The van der Waals surface area contributed by atoms with Gasteiger partial charge in [-0.15, -0.1) is 0 Å². The molecule has 0 heterocycles. The first kappa shape index (κ1) is 13.5. The van der Waals surface area contributed by atoms with Gasteiger partial charge < -0.3 is 8.85 Å². The second-order valence-electron chi connectivity index (χ2n) is 5.15. The van der Waals surface area contributed by atoms with E-state index >= 15 is 0 Å². The van der Waals surface area contributed by atoms with Crippen molar-refractivity contribution in [3.8, 4) is 0 Å². The van der Waals surface area contributed by atoms with Gasteiger partial charge in [0.25, 0.3) is 5.95 Å². The van der Waals surface area contributed by atoms with Crippen LogP contribution < -0.4 is 0 Å². The van der Waals surface area contributed by atoms with Gasteiger partial charge in [-0.25, -0.2) is 0 Å². The molecule has 0 aliphatic carbocycles. The Balaban J connectivity index is 4.48. The van der Waals surface area contributed by atoms with Crippen LogP contribution in [0.2, 0.25) is 39.3 Å². The van der Waals surface area contributed by atoms with Gasteiger partial charge in [0.1, 0.15) is 0 Å². The Morgan fingerprint density at radius 1 is 0.929 bits per heavy atom. The maximum absolute atomic E-state index is 5.80. The van der Waals surface area contributed by atoms with Crippen molar-refractivity contribution in [2.45, 2.75) is 39.3 Å². The third-order valence-electron chi connectivity index (χ3n) is 1.07. The Morgan fingerprint density at radius 2 is 1.29 bits per heavy atom. The summed E-state index contributed by atoms with van der Waals surface area (Å²) in [5, 5.41) is 0. The molecule has 0 aromatic carbocycles. The third-order valence-corrected chi connectivity index (χ3v) is 2.69. The maximum atomic E-state index is 5.80. The van der Waals surface area contributed by atoms with Gasteiger partial charge in [-0.1, -0.05) is 12.7 Å². The van der Waals surface area contributed by atoms with E-state index in [1.54, 1.807) is 12.2 Å². The van der Waals surface area contributed by atoms with Crippen molar-refractivity contribution in [2.24, 2.45) is 0 Å². The molecule has 0 aliphatic heterocycles. The van der Waals surface area contributed by atoms with Crippen molar-refractivity contribution in [3.05, 3.63) is 24.7 Å². The van der Waals surface area contributed by atoms with Gasteiger partial charge in [-0.3, -0.25) is 0 Å². The van der Waals surface area contributed by atoms with Crippen molar-refractivity contribution in [1.29, 1.82) is 0 Å². The number of hydrogen-bond acceptors (Lipinski definition) is 2. The summed E-state index contributed by atoms with van der Waals surface area (Å²) >= 11 is 0. The fourth-order valence-electron chi connectivity index (χ4n) is 0.789. The lowest BCUT2D eigenvalue weighted by molar-refractivity contribution is 0.216. The topological polar surface area (TPSA) is 18.5 Å². The average molecular weight is 230 g/mol. The van der Waals surface area contributed by atoms with Crippen LogP contribution in [-0.4, -0.2) is 16.6 Å². The number of rotatable bonds is 5. The molecule has 82 valence electrons. The predicted molar refractivity (Wildman–Crippen MR) is 67.1 cm³/mol. The molecule has 2 nitrogen and oxygen atoms in total. The van der Waals surface area contributed by atoms with E-state index in [1.807, 2.05) is 0 Å². The number of allylic oxidation sites excluding steroid dienone is 2. The first-order valence-corrected chi connectivity index (χ1v) is 11.7. The smallest absolute Gasteiger partial charge is 0.251 e. The quantitative estimate of drug-likeness (QED) is 0.407. The van der Waals surface area contributed by atoms with E-state index in [2.05, 4.69) is 45.9 Å². The highest BCUT2D eigenvalue weighted by Crippen LogP contribution is 2.16. The monoisotopic (exact) mass is 230 g/mol. The molecular formula is C10H22O2Si2. The summed E-state index contributed by atoms with van der Waals surface area (Å²) in [5.74, 6) is 0.637. The van der Waals surface area contributed by atoms with Gasteiger partial charge >= 0.3 is 0 Å². The maximum Gasteiger partial charge on any atom is 0.251 e. The molecule has 0 saturated carbocycles. The van der Waals surface area contributed by atoms with Crippen LogP contribution in [0.15, 0.2) is 24.7 Å². The lowest BCUT2D eigenvalue weighted by atomic mass is 10.6. The fraction of sp³-hybridized carbons (Fsp3) is 0.600. The molecule has 0 radical (unpaired) electrons. The molecule has 0 rings (SSSR count). The highest BCUT2D eigenvalue weighted by Gasteiger charge is 2.23. The first-order valence-electron chi connectivity index (χ1n) is 4.85. The van der Waals surface area contributed by atoms with E-state index in [4.69, 9.17) is 8.85 Å². The van der Waals surface area contributed by atoms with Crippen LogP contribution in [-0.2, 0) is 8.85 Å². The predicted octanol–water partition coefficient (Wildman–Crippen LogP) is 3.72. The van der Waals surface area contributed by atoms with E-state index in [-0.39, 0.29) is 0 Å². The minimum Gasteiger partial charge on any atom is -0.521 e. The molecule has 0 atom stereocenters. The summed E-state index contributed by atoms with van der Waals surface area (Å²) in [7, 11) is -3.15. The van der Waals surface area contributed by atoms with Gasteiger partial charge in [-0.2, -0.15) is 0 Å². The molecule has 0 N–H and O–H groups in total. The minimum absolute atomic E-state index is 0.637. The van der Waals surface area contributed by atoms with E-state index in [0.29, 0.717) is 5.95 Å². The molecule has 0 aromatic heterocycles. The van der Waals surface area contributed by atoms with Crippen molar-refractivity contribution in [3.63, 3.8) is 0 Å². The molecule has 0 aliphatic rings. The first-order chi connectivity index (χ1) is 6.14. The Kier molecular flexibility index (Phi) is 4.67. The summed E-state index contributed by atoms with van der Waals surface area (Å²) in [5.41, 5.74) is 0. The molecule has 0 amide bonds. The van der Waals surface area contributed by atoms with Gasteiger partial charge in [0.05, 0.1) is 0 Å². The molecule has 0 aromatic rings. The van der Waals surface area contributed by atoms with Crippen LogP contribution in [0.4, 0.5) is 0 Å². The largest absolute Gasteiger partial charge is 0.521 e.